The van der Waals surface area contributed by atoms with Crippen LogP contribution in [-0.4, -0.2) is 11.2 Å². The van der Waals surface area contributed by atoms with Crippen LogP contribution in [0.15, 0.2) is 0 Å². The zero-order valence-corrected chi connectivity index (χ0v) is 8.84. The Morgan fingerprint density at radius 3 is 2.17 bits per heavy atom. The van der Waals surface area contributed by atoms with Gasteiger partial charge in [-0.25, -0.2) is 0 Å². The van der Waals surface area contributed by atoms with Gasteiger partial charge in [-0.2, -0.15) is 0 Å². The number of aliphatic hydroxyl groups excluding tert-OH is 1. The predicted octanol–water partition coefficient (Wildman–Crippen LogP) is 3.36. The highest BCUT2D eigenvalue weighted by atomic mass is 16.3. The second-order valence-corrected chi connectivity index (χ2v) is 3.84. The minimum absolute atomic E-state index is 0.110. The van der Waals surface area contributed by atoms with Crippen molar-refractivity contribution in [1.29, 1.82) is 0 Å². The topological polar surface area (TPSA) is 20.2 Å². The lowest BCUT2D eigenvalue weighted by Crippen LogP contribution is -2.05. The van der Waals surface area contributed by atoms with Crippen molar-refractivity contribution < 1.29 is 5.11 Å². The fraction of sp³-hybridized carbons (Fsp3) is 1.00. The zero-order chi connectivity index (χ0) is 9.40. The Labute approximate surface area is 77.2 Å². The van der Waals surface area contributed by atoms with Gasteiger partial charge in [-0.1, -0.05) is 39.5 Å². The van der Waals surface area contributed by atoms with Crippen molar-refractivity contribution in [2.45, 2.75) is 65.4 Å². The number of hydrogen-bond donors (Lipinski definition) is 1. The summed E-state index contributed by atoms with van der Waals surface area (Å²) in [4.78, 5) is 0. The summed E-state index contributed by atoms with van der Waals surface area (Å²) in [5.74, 6) is 0.847. The van der Waals surface area contributed by atoms with Crippen LogP contribution in [0.1, 0.15) is 59.3 Å². The summed E-state index contributed by atoms with van der Waals surface area (Å²) >= 11 is 0. The summed E-state index contributed by atoms with van der Waals surface area (Å²) < 4.78 is 0. The second-order valence-electron chi connectivity index (χ2n) is 3.84. The molecule has 0 aromatic rings. The van der Waals surface area contributed by atoms with Gasteiger partial charge >= 0.3 is 0 Å². The second kappa shape index (κ2) is 7.60. The molecule has 1 heteroatoms. The molecule has 0 unspecified atom stereocenters. The number of unbranched alkanes of at least 4 members (excludes halogenated alkanes) is 1. The van der Waals surface area contributed by atoms with E-state index in [1.807, 2.05) is 6.92 Å². The van der Waals surface area contributed by atoms with Gasteiger partial charge in [0.05, 0.1) is 6.10 Å². The van der Waals surface area contributed by atoms with Crippen molar-refractivity contribution in [1.82, 2.24) is 0 Å². The van der Waals surface area contributed by atoms with Crippen LogP contribution in [0.2, 0.25) is 0 Å². The van der Waals surface area contributed by atoms with E-state index in [2.05, 4.69) is 13.8 Å². The third-order valence-corrected chi connectivity index (χ3v) is 2.54. The lowest BCUT2D eigenvalue weighted by atomic mass is 9.93. The molecule has 0 amide bonds. The Hall–Kier alpha value is -0.0400. The predicted molar refractivity (Wildman–Crippen MR) is 54.2 cm³/mol. The average molecular weight is 172 g/mol. The normalized spacial score (nSPS) is 16.0. The molecular formula is C11H24O. The zero-order valence-electron chi connectivity index (χ0n) is 8.84. The highest BCUT2D eigenvalue weighted by Gasteiger charge is 2.06. The minimum Gasteiger partial charge on any atom is -0.393 e. The van der Waals surface area contributed by atoms with Crippen molar-refractivity contribution >= 4 is 0 Å². The average Bonchev–Trinajstić information content (AvgIpc) is 2.05. The van der Waals surface area contributed by atoms with E-state index < -0.39 is 0 Å². The van der Waals surface area contributed by atoms with E-state index in [4.69, 9.17) is 5.11 Å². The third kappa shape index (κ3) is 6.66. The van der Waals surface area contributed by atoms with Crippen molar-refractivity contribution in [2.75, 3.05) is 0 Å². The van der Waals surface area contributed by atoms with E-state index in [1.54, 1.807) is 0 Å². The van der Waals surface area contributed by atoms with Gasteiger partial charge in [-0.05, 0) is 25.7 Å². The molecule has 0 rings (SSSR count). The lowest BCUT2D eigenvalue weighted by molar-refractivity contribution is 0.171. The largest absolute Gasteiger partial charge is 0.393 e. The summed E-state index contributed by atoms with van der Waals surface area (Å²) in [6.45, 7) is 6.37. The van der Waals surface area contributed by atoms with Crippen molar-refractivity contribution in [3.8, 4) is 0 Å². The fourth-order valence-corrected chi connectivity index (χ4v) is 1.52. The van der Waals surface area contributed by atoms with Crippen molar-refractivity contribution in [2.24, 2.45) is 5.92 Å². The van der Waals surface area contributed by atoms with Gasteiger partial charge < -0.3 is 5.11 Å². The van der Waals surface area contributed by atoms with Crippen molar-refractivity contribution in [3.63, 3.8) is 0 Å². The van der Waals surface area contributed by atoms with E-state index in [0.29, 0.717) is 0 Å². The van der Waals surface area contributed by atoms with Crippen LogP contribution < -0.4 is 0 Å². The maximum atomic E-state index is 9.12. The molecule has 0 aliphatic rings. The molecule has 0 saturated carbocycles. The molecule has 0 bridgehead atoms. The van der Waals surface area contributed by atoms with E-state index in [1.165, 1.54) is 32.1 Å². The molecule has 12 heavy (non-hydrogen) atoms. The van der Waals surface area contributed by atoms with E-state index in [0.717, 1.165) is 12.3 Å². The summed E-state index contributed by atoms with van der Waals surface area (Å²) in [6.07, 6.45) is 7.33. The molecule has 0 fully saturated rings. The monoisotopic (exact) mass is 172 g/mol. The molecule has 2 atom stereocenters. The van der Waals surface area contributed by atoms with E-state index >= 15 is 0 Å². The summed E-state index contributed by atoms with van der Waals surface area (Å²) in [6, 6.07) is 0. The van der Waals surface area contributed by atoms with Crippen LogP contribution in [0.25, 0.3) is 0 Å². The van der Waals surface area contributed by atoms with Crippen LogP contribution in [-0.2, 0) is 0 Å². The summed E-state index contributed by atoms with van der Waals surface area (Å²) in [7, 11) is 0. The molecule has 0 spiro atoms. The first kappa shape index (κ1) is 12.0. The Bertz CT molecular complexity index is 89.0. The van der Waals surface area contributed by atoms with Crippen LogP contribution in [0.4, 0.5) is 0 Å². The van der Waals surface area contributed by atoms with Gasteiger partial charge in [0.2, 0.25) is 0 Å². The summed E-state index contributed by atoms with van der Waals surface area (Å²) in [5, 5.41) is 9.12. The van der Waals surface area contributed by atoms with Gasteiger partial charge in [-0.3, -0.25) is 0 Å². The van der Waals surface area contributed by atoms with E-state index in [-0.39, 0.29) is 6.10 Å². The summed E-state index contributed by atoms with van der Waals surface area (Å²) in [5.41, 5.74) is 0. The highest BCUT2D eigenvalue weighted by Crippen LogP contribution is 2.18. The van der Waals surface area contributed by atoms with Crippen molar-refractivity contribution in [3.05, 3.63) is 0 Å². The van der Waals surface area contributed by atoms with Crippen LogP contribution in [0, 0.1) is 5.92 Å². The first-order valence-corrected chi connectivity index (χ1v) is 5.38. The molecule has 0 heterocycles. The first-order chi connectivity index (χ1) is 5.70. The maximum absolute atomic E-state index is 9.12. The van der Waals surface area contributed by atoms with Crippen LogP contribution >= 0.6 is 0 Å². The van der Waals surface area contributed by atoms with Gasteiger partial charge in [0.25, 0.3) is 0 Å². The standard InChI is InChI=1S/C11H24O/c1-4-6-7-11(5-2)9-8-10(3)12/h10-12H,4-9H2,1-3H3/t10-,11-/m0/s1. The molecule has 0 aliphatic heterocycles. The van der Waals surface area contributed by atoms with Crippen LogP contribution in [0.5, 0.6) is 0 Å². The fourth-order valence-electron chi connectivity index (χ4n) is 1.52. The van der Waals surface area contributed by atoms with Gasteiger partial charge in [-0.15, -0.1) is 0 Å². The molecule has 0 saturated heterocycles. The molecule has 1 nitrogen and oxygen atoms in total. The SMILES string of the molecule is CCCC[C@H](CC)CC[C@H](C)O. The smallest absolute Gasteiger partial charge is 0.0512 e. The molecule has 0 aromatic heterocycles. The Kier molecular flexibility index (Phi) is 7.58. The quantitative estimate of drug-likeness (QED) is 0.624. The third-order valence-electron chi connectivity index (χ3n) is 2.54. The van der Waals surface area contributed by atoms with Crippen LogP contribution in [0.3, 0.4) is 0 Å². The molecule has 0 aromatic carbocycles. The minimum atomic E-state index is -0.110. The lowest BCUT2D eigenvalue weighted by Gasteiger charge is -2.14. The van der Waals surface area contributed by atoms with Gasteiger partial charge in [0, 0.05) is 0 Å². The number of hydrogen-bond acceptors (Lipinski definition) is 1. The Morgan fingerprint density at radius 2 is 1.75 bits per heavy atom. The Balaban J connectivity index is 3.39. The first-order valence-electron chi connectivity index (χ1n) is 5.38. The van der Waals surface area contributed by atoms with E-state index in [9.17, 15) is 0 Å². The van der Waals surface area contributed by atoms with Gasteiger partial charge in [0.1, 0.15) is 0 Å². The number of rotatable bonds is 7. The Morgan fingerprint density at radius 1 is 1.08 bits per heavy atom. The molecule has 0 aliphatic carbocycles. The number of aliphatic hydroxyl groups is 1. The molecule has 1 N–H and O–H groups in total. The molecule has 0 radical (unpaired) electrons. The maximum Gasteiger partial charge on any atom is 0.0512 e. The molecular weight excluding hydrogens is 148 g/mol. The van der Waals surface area contributed by atoms with Gasteiger partial charge in [0.15, 0.2) is 0 Å². The molecule has 74 valence electrons. The highest BCUT2D eigenvalue weighted by molar-refractivity contribution is 4.59.